The van der Waals surface area contributed by atoms with Crippen LogP contribution in [-0.2, 0) is 16.1 Å². The first-order chi connectivity index (χ1) is 13.4. The minimum atomic E-state index is -0.626. The van der Waals surface area contributed by atoms with Gasteiger partial charge in [-0.05, 0) is 24.1 Å². The number of carbonyl (C=O) groups excluding carboxylic acids is 2. The van der Waals surface area contributed by atoms with Gasteiger partial charge in [0.1, 0.15) is 10.9 Å². The highest BCUT2D eigenvalue weighted by atomic mass is 32.2. The zero-order valence-corrected chi connectivity index (χ0v) is 15.9. The Morgan fingerprint density at radius 1 is 1.29 bits per heavy atom. The molecule has 1 saturated heterocycles. The predicted molar refractivity (Wildman–Crippen MR) is 108 cm³/mol. The van der Waals surface area contributed by atoms with Crippen molar-refractivity contribution in [2.45, 2.75) is 25.1 Å². The SMILES string of the molecule is Cc1ccc(NC(=O)C[C@@H]2SC(=NCc3ccccc3)NC2=O)c([N+](=O)[O-])c1. The van der Waals surface area contributed by atoms with Gasteiger partial charge in [-0.15, -0.1) is 0 Å². The summed E-state index contributed by atoms with van der Waals surface area (Å²) in [5, 5.41) is 16.2. The van der Waals surface area contributed by atoms with Gasteiger partial charge in [-0.1, -0.05) is 48.2 Å². The zero-order chi connectivity index (χ0) is 20.1. The molecule has 2 N–H and O–H groups in total. The molecule has 2 amide bonds. The second kappa shape index (κ2) is 8.66. The Labute approximate surface area is 165 Å². The van der Waals surface area contributed by atoms with E-state index in [0.29, 0.717) is 11.7 Å². The molecule has 0 aliphatic carbocycles. The molecule has 0 spiro atoms. The first kappa shape index (κ1) is 19.6. The summed E-state index contributed by atoms with van der Waals surface area (Å²) in [5.74, 6) is -0.769. The van der Waals surface area contributed by atoms with Gasteiger partial charge < -0.3 is 10.6 Å². The Bertz CT molecular complexity index is 946. The van der Waals surface area contributed by atoms with E-state index in [-0.39, 0.29) is 23.7 Å². The molecule has 0 unspecified atom stereocenters. The number of rotatable bonds is 6. The molecule has 8 nitrogen and oxygen atoms in total. The first-order valence-electron chi connectivity index (χ1n) is 8.53. The Balaban J connectivity index is 1.60. The highest BCUT2D eigenvalue weighted by Gasteiger charge is 2.32. The summed E-state index contributed by atoms with van der Waals surface area (Å²) in [6.07, 6.45) is -0.105. The number of hydrogen-bond acceptors (Lipinski definition) is 6. The van der Waals surface area contributed by atoms with E-state index in [0.717, 1.165) is 11.1 Å². The van der Waals surface area contributed by atoms with Gasteiger partial charge in [-0.3, -0.25) is 24.7 Å². The lowest BCUT2D eigenvalue weighted by Gasteiger charge is -2.08. The van der Waals surface area contributed by atoms with Gasteiger partial charge in [-0.2, -0.15) is 0 Å². The Morgan fingerprint density at radius 3 is 2.75 bits per heavy atom. The minimum Gasteiger partial charge on any atom is -0.320 e. The molecule has 1 aliphatic rings. The molecule has 0 saturated carbocycles. The maximum atomic E-state index is 12.3. The van der Waals surface area contributed by atoms with E-state index < -0.39 is 16.1 Å². The third kappa shape index (κ3) is 4.95. The summed E-state index contributed by atoms with van der Waals surface area (Å²) in [6, 6.07) is 14.2. The molecule has 1 aliphatic heterocycles. The van der Waals surface area contributed by atoms with Crippen molar-refractivity contribution in [3.63, 3.8) is 0 Å². The van der Waals surface area contributed by atoms with Crippen molar-refractivity contribution in [2.75, 3.05) is 5.32 Å². The summed E-state index contributed by atoms with van der Waals surface area (Å²) in [6.45, 7) is 2.16. The van der Waals surface area contributed by atoms with Crippen LogP contribution in [0.5, 0.6) is 0 Å². The fourth-order valence-electron chi connectivity index (χ4n) is 2.63. The zero-order valence-electron chi connectivity index (χ0n) is 15.0. The third-order valence-electron chi connectivity index (χ3n) is 4.02. The van der Waals surface area contributed by atoms with Crippen LogP contribution >= 0.6 is 11.8 Å². The summed E-state index contributed by atoms with van der Waals surface area (Å²) in [4.78, 5) is 39.4. The molecule has 0 aromatic heterocycles. The monoisotopic (exact) mass is 398 g/mol. The normalized spacial score (nSPS) is 17.4. The topological polar surface area (TPSA) is 114 Å². The van der Waals surface area contributed by atoms with Crippen LogP contribution in [0.4, 0.5) is 11.4 Å². The van der Waals surface area contributed by atoms with Crippen LogP contribution in [0, 0.1) is 17.0 Å². The van der Waals surface area contributed by atoms with Gasteiger partial charge in [0.15, 0.2) is 5.17 Å². The summed E-state index contributed by atoms with van der Waals surface area (Å²) >= 11 is 1.18. The smallest absolute Gasteiger partial charge is 0.293 e. The van der Waals surface area contributed by atoms with E-state index in [1.54, 1.807) is 13.0 Å². The van der Waals surface area contributed by atoms with E-state index in [4.69, 9.17) is 0 Å². The largest absolute Gasteiger partial charge is 0.320 e. The lowest BCUT2D eigenvalue weighted by atomic mass is 10.2. The number of amidine groups is 1. The van der Waals surface area contributed by atoms with Crippen LogP contribution < -0.4 is 10.6 Å². The van der Waals surface area contributed by atoms with Crippen molar-refractivity contribution in [1.29, 1.82) is 0 Å². The molecule has 1 atom stereocenters. The number of nitro benzene ring substituents is 1. The van der Waals surface area contributed by atoms with Crippen LogP contribution in [-0.4, -0.2) is 27.2 Å². The molecule has 0 bridgehead atoms. The average Bonchev–Trinajstić information content (AvgIpc) is 3.01. The third-order valence-corrected chi connectivity index (χ3v) is 5.14. The lowest BCUT2D eigenvalue weighted by Crippen LogP contribution is -2.28. The minimum absolute atomic E-state index is 0.105. The van der Waals surface area contributed by atoms with Crippen LogP contribution in [0.25, 0.3) is 0 Å². The second-order valence-electron chi connectivity index (χ2n) is 6.23. The van der Waals surface area contributed by atoms with Crippen molar-refractivity contribution in [2.24, 2.45) is 4.99 Å². The van der Waals surface area contributed by atoms with Gasteiger partial charge >= 0.3 is 0 Å². The standard InChI is InChI=1S/C19H18N4O4S/c1-12-7-8-14(15(9-12)23(26)27)21-17(24)10-16-18(25)22-19(28-16)20-11-13-5-3-2-4-6-13/h2-9,16H,10-11H2,1H3,(H,21,24)(H,20,22,25)/t16-/m0/s1. The molecule has 3 rings (SSSR count). The number of nitrogens with one attached hydrogen (secondary N) is 2. The average molecular weight is 398 g/mol. The highest BCUT2D eigenvalue weighted by molar-refractivity contribution is 8.15. The maximum Gasteiger partial charge on any atom is 0.293 e. The molecule has 144 valence electrons. The van der Waals surface area contributed by atoms with E-state index in [1.165, 1.54) is 23.9 Å². The van der Waals surface area contributed by atoms with Crippen molar-refractivity contribution < 1.29 is 14.5 Å². The first-order valence-corrected chi connectivity index (χ1v) is 9.41. The van der Waals surface area contributed by atoms with Crippen LogP contribution in [0.3, 0.4) is 0 Å². The van der Waals surface area contributed by atoms with Crippen molar-refractivity contribution in [1.82, 2.24) is 5.32 Å². The number of carbonyl (C=O) groups is 2. The van der Waals surface area contributed by atoms with E-state index in [9.17, 15) is 19.7 Å². The Kier molecular flexibility index (Phi) is 6.05. The van der Waals surface area contributed by atoms with Crippen molar-refractivity contribution in [3.05, 3.63) is 69.8 Å². The molecule has 28 heavy (non-hydrogen) atoms. The number of thioether (sulfide) groups is 1. The van der Waals surface area contributed by atoms with Crippen LogP contribution in [0.2, 0.25) is 0 Å². The molecular weight excluding hydrogens is 380 g/mol. The van der Waals surface area contributed by atoms with Crippen molar-refractivity contribution in [3.8, 4) is 0 Å². The van der Waals surface area contributed by atoms with E-state index in [2.05, 4.69) is 15.6 Å². The molecule has 1 fully saturated rings. The predicted octanol–water partition coefficient (Wildman–Crippen LogP) is 3.02. The molecule has 9 heteroatoms. The molecule has 2 aromatic rings. The number of nitrogens with zero attached hydrogens (tertiary/aromatic N) is 2. The molecule has 0 radical (unpaired) electrons. The van der Waals surface area contributed by atoms with E-state index in [1.807, 2.05) is 30.3 Å². The summed E-state index contributed by atoms with van der Waals surface area (Å²) in [7, 11) is 0. The Hall–Kier alpha value is -3.20. The number of aryl methyl sites for hydroxylation is 1. The fourth-order valence-corrected chi connectivity index (χ4v) is 3.60. The Morgan fingerprint density at radius 2 is 2.04 bits per heavy atom. The highest BCUT2D eigenvalue weighted by Crippen LogP contribution is 2.27. The number of amides is 2. The van der Waals surface area contributed by atoms with E-state index >= 15 is 0 Å². The molecule has 1 heterocycles. The van der Waals surface area contributed by atoms with Crippen LogP contribution in [0.1, 0.15) is 17.5 Å². The van der Waals surface area contributed by atoms with Crippen LogP contribution in [0.15, 0.2) is 53.5 Å². The molecule has 2 aromatic carbocycles. The lowest BCUT2D eigenvalue weighted by molar-refractivity contribution is -0.384. The number of benzene rings is 2. The fraction of sp³-hybridized carbons (Fsp3) is 0.211. The number of nitro groups is 1. The maximum absolute atomic E-state index is 12.3. The number of aliphatic imine (C=N–C) groups is 1. The van der Waals surface area contributed by atoms with Gasteiger partial charge in [0.05, 0.1) is 11.5 Å². The van der Waals surface area contributed by atoms with Gasteiger partial charge in [0.2, 0.25) is 11.8 Å². The van der Waals surface area contributed by atoms with Gasteiger partial charge in [0.25, 0.3) is 5.69 Å². The second-order valence-corrected chi connectivity index (χ2v) is 7.42. The summed E-state index contributed by atoms with van der Waals surface area (Å²) < 4.78 is 0. The number of hydrogen-bond donors (Lipinski definition) is 2. The van der Waals surface area contributed by atoms with Gasteiger partial charge in [-0.25, -0.2) is 0 Å². The summed E-state index contributed by atoms with van der Waals surface area (Å²) in [5.41, 5.74) is 1.66. The molecular formula is C19H18N4O4S. The quantitative estimate of drug-likeness (QED) is 0.573. The van der Waals surface area contributed by atoms with Gasteiger partial charge in [0, 0.05) is 12.5 Å². The number of anilines is 1. The van der Waals surface area contributed by atoms with Crippen molar-refractivity contribution >= 4 is 40.1 Å².